The number of hydrogen-bond donors (Lipinski definition) is 1. The summed E-state index contributed by atoms with van der Waals surface area (Å²) in [6.45, 7) is 7.51. The van der Waals surface area contributed by atoms with Gasteiger partial charge in [-0.15, -0.1) is 0 Å². The summed E-state index contributed by atoms with van der Waals surface area (Å²) in [5.74, 6) is 1.91. The first-order valence-electron chi connectivity index (χ1n) is 6.28. The third kappa shape index (κ3) is 2.87. The molecule has 1 aromatic rings. The summed E-state index contributed by atoms with van der Waals surface area (Å²) in [6, 6.07) is 4.25. The fourth-order valence-corrected chi connectivity index (χ4v) is 1.92. The summed E-state index contributed by atoms with van der Waals surface area (Å²) in [7, 11) is 0. The highest BCUT2D eigenvalue weighted by Gasteiger charge is 2.23. The van der Waals surface area contributed by atoms with Gasteiger partial charge >= 0.3 is 0 Å². The van der Waals surface area contributed by atoms with E-state index in [-0.39, 0.29) is 0 Å². The number of nitrogens with one attached hydrogen (secondary N) is 1. The van der Waals surface area contributed by atoms with Crippen molar-refractivity contribution in [2.45, 2.75) is 26.7 Å². The summed E-state index contributed by atoms with van der Waals surface area (Å²) in [5, 5.41) is 3.26. The van der Waals surface area contributed by atoms with Gasteiger partial charge < -0.3 is 10.2 Å². The fourth-order valence-electron chi connectivity index (χ4n) is 1.92. The van der Waals surface area contributed by atoms with Crippen molar-refractivity contribution in [1.82, 2.24) is 4.98 Å². The van der Waals surface area contributed by atoms with Gasteiger partial charge in [0.05, 0.1) is 0 Å². The minimum Gasteiger partial charge on any atom is -0.371 e. The minimum atomic E-state index is 0.922. The second kappa shape index (κ2) is 5.19. The molecule has 88 valence electrons. The molecule has 16 heavy (non-hydrogen) atoms. The molecule has 0 aromatic carbocycles. The molecular weight excluding hydrogens is 198 g/mol. The Balaban J connectivity index is 2.06. The first-order valence-corrected chi connectivity index (χ1v) is 6.28. The first kappa shape index (κ1) is 11.2. The molecule has 0 spiro atoms. The van der Waals surface area contributed by atoms with Crippen LogP contribution in [0, 0.1) is 5.92 Å². The Morgan fingerprint density at radius 3 is 2.88 bits per heavy atom. The van der Waals surface area contributed by atoms with Crippen LogP contribution >= 0.6 is 0 Å². The van der Waals surface area contributed by atoms with Crippen LogP contribution < -0.4 is 10.2 Å². The average Bonchev–Trinajstić information content (AvgIpc) is 3.10. The molecule has 3 nitrogen and oxygen atoms in total. The van der Waals surface area contributed by atoms with Crippen LogP contribution in [0.25, 0.3) is 0 Å². The number of pyridine rings is 1. The molecule has 0 atom stereocenters. The first-order chi connectivity index (χ1) is 7.83. The van der Waals surface area contributed by atoms with Gasteiger partial charge in [0.1, 0.15) is 5.82 Å². The van der Waals surface area contributed by atoms with Crippen molar-refractivity contribution in [3.8, 4) is 0 Å². The Labute approximate surface area is 97.9 Å². The predicted octanol–water partition coefficient (Wildman–Crippen LogP) is 2.75. The number of hydrogen-bond acceptors (Lipinski definition) is 3. The average molecular weight is 219 g/mol. The molecule has 1 aromatic heterocycles. The van der Waals surface area contributed by atoms with E-state index in [2.05, 4.69) is 41.2 Å². The summed E-state index contributed by atoms with van der Waals surface area (Å²) >= 11 is 0. The van der Waals surface area contributed by atoms with Crippen molar-refractivity contribution in [3.63, 3.8) is 0 Å². The van der Waals surface area contributed by atoms with Crippen LogP contribution in [0.1, 0.15) is 26.7 Å². The molecule has 0 aliphatic heterocycles. The van der Waals surface area contributed by atoms with Crippen LogP contribution in [0.15, 0.2) is 18.3 Å². The van der Waals surface area contributed by atoms with Crippen LogP contribution in [0.2, 0.25) is 0 Å². The van der Waals surface area contributed by atoms with E-state index in [4.69, 9.17) is 0 Å². The number of anilines is 2. The van der Waals surface area contributed by atoms with Gasteiger partial charge in [0.15, 0.2) is 0 Å². The van der Waals surface area contributed by atoms with Gasteiger partial charge in [0.2, 0.25) is 0 Å². The summed E-state index contributed by atoms with van der Waals surface area (Å²) < 4.78 is 0. The van der Waals surface area contributed by atoms with Crippen LogP contribution in [0.4, 0.5) is 11.5 Å². The van der Waals surface area contributed by atoms with E-state index in [9.17, 15) is 0 Å². The minimum absolute atomic E-state index is 0.922. The molecule has 2 rings (SSSR count). The van der Waals surface area contributed by atoms with Crippen molar-refractivity contribution >= 4 is 11.5 Å². The Kier molecular flexibility index (Phi) is 3.65. The molecule has 1 aliphatic rings. The quantitative estimate of drug-likeness (QED) is 0.797. The lowest BCUT2D eigenvalue weighted by Crippen LogP contribution is -2.25. The van der Waals surface area contributed by atoms with Crippen molar-refractivity contribution in [2.75, 3.05) is 29.9 Å². The molecule has 1 heterocycles. The summed E-state index contributed by atoms with van der Waals surface area (Å²) in [6.07, 6.45) is 4.70. The second-order valence-electron chi connectivity index (χ2n) is 4.41. The highest BCUT2D eigenvalue weighted by atomic mass is 15.1. The van der Waals surface area contributed by atoms with Gasteiger partial charge in [-0.2, -0.15) is 0 Å². The number of aromatic nitrogens is 1. The lowest BCUT2D eigenvalue weighted by Gasteiger charge is -2.23. The van der Waals surface area contributed by atoms with E-state index in [0.717, 1.165) is 24.8 Å². The Bertz CT molecular complexity index is 334. The van der Waals surface area contributed by atoms with E-state index in [1.54, 1.807) is 0 Å². The standard InChI is InChI=1S/C13H21N3/c1-3-14-13-9-12(7-8-15-13)16(4-2)10-11-5-6-11/h7-9,11H,3-6,10H2,1-2H3,(H,14,15). The van der Waals surface area contributed by atoms with Gasteiger partial charge in [-0.25, -0.2) is 4.98 Å². The van der Waals surface area contributed by atoms with Crippen LogP contribution in [0.5, 0.6) is 0 Å². The topological polar surface area (TPSA) is 28.2 Å². The number of nitrogens with zero attached hydrogens (tertiary/aromatic N) is 2. The molecule has 0 unspecified atom stereocenters. The molecule has 1 aliphatic carbocycles. The third-order valence-corrected chi connectivity index (χ3v) is 3.02. The molecule has 0 saturated heterocycles. The second-order valence-corrected chi connectivity index (χ2v) is 4.41. The maximum atomic E-state index is 4.30. The molecule has 3 heteroatoms. The van der Waals surface area contributed by atoms with E-state index in [1.807, 2.05) is 6.20 Å². The molecular formula is C13H21N3. The lowest BCUT2D eigenvalue weighted by atomic mass is 10.3. The van der Waals surface area contributed by atoms with Crippen molar-refractivity contribution in [1.29, 1.82) is 0 Å². The van der Waals surface area contributed by atoms with Crippen molar-refractivity contribution in [2.24, 2.45) is 5.92 Å². The van der Waals surface area contributed by atoms with Gasteiger partial charge in [0, 0.05) is 37.6 Å². The zero-order valence-corrected chi connectivity index (χ0v) is 10.2. The smallest absolute Gasteiger partial charge is 0.127 e. The maximum absolute atomic E-state index is 4.30. The van der Waals surface area contributed by atoms with E-state index in [1.165, 1.54) is 25.1 Å². The van der Waals surface area contributed by atoms with Gasteiger partial charge in [-0.05, 0) is 38.7 Å². The normalized spacial score (nSPS) is 14.9. The molecule has 0 bridgehead atoms. The summed E-state index contributed by atoms with van der Waals surface area (Å²) in [5.41, 5.74) is 1.29. The lowest BCUT2D eigenvalue weighted by molar-refractivity contribution is 0.741. The van der Waals surface area contributed by atoms with E-state index < -0.39 is 0 Å². The Hall–Kier alpha value is -1.25. The molecule has 0 amide bonds. The van der Waals surface area contributed by atoms with Crippen molar-refractivity contribution in [3.05, 3.63) is 18.3 Å². The molecule has 1 fully saturated rings. The monoisotopic (exact) mass is 219 g/mol. The van der Waals surface area contributed by atoms with E-state index in [0.29, 0.717) is 0 Å². The van der Waals surface area contributed by atoms with Crippen LogP contribution in [-0.4, -0.2) is 24.6 Å². The third-order valence-electron chi connectivity index (χ3n) is 3.02. The van der Waals surface area contributed by atoms with Crippen molar-refractivity contribution < 1.29 is 0 Å². The molecule has 1 N–H and O–H groups in total. The fraction of sp³-hybridized carbons (Fsp3) is 0.615. The Morgan fingerprint density at radius 2 is 2.25 bits per heavy atom. The predicted molar refractivity (Wildman–Crippen MR) is 69.0 cm³/mol. The highest BCUT2D eigenvalue weighted by molar-refractivity contribution is 5.53. The maximum Gasteiger partial charge on any atom is 0.127 e. The Morgan fingerprint density at radius 1 is 1.44 bits per heavy atom. The zero-order chi connectivity index (χ0) is 11.4. The van der Waals surface area contributed by atoms with Crippen LogP contribution in [0.3, 0.4) is 0 Å². The van der Waals surface area contributed by atoms with Gasteiger partial charge in [-0.3, -0.25) is 0 Å². The van der Waals surface area contributed by atoms with E-state index >= 15 is 0 Å². The summed E-state index contributed by atoms with van der Waals surface area (Å²) in [4.78, 5) is 6.75. The van der Waals surface area contributed by atoms with Gasteiger partial charge in [0.25, 0.3) is 0 Å². The van der Waals surface area contributed by atoms with Gasteiger partial charge in [-0.1, -0.05) is 0 Å². The highest BCUT2D eigenvalue weighted by Crippen LogP contribution is 2.31. The zero-order valence-electron chi connectivity index (χ0n) is 10.2. The molecule has 0 radical (unpaired) electrons. The number of rotatable bonds is 6. The SMILES string of the molecule is CCNc1cc(N(CC)CC2CC2)ccn1. The van der Waals surface area contributed by atoms with Crippen LogP contribution in [-0.2, 0) is 0 Å². The largest absolute Gasteiger partial charge is 0.371 e. The molecule has 1 saturated carbocycles.